The van der Waals surface area contributed by atoms with E-state index in [4.69, 9.17) is 9.47 Å². The molecule has 3 nitrogen and oxygen atoms in total. The topological polar surface area (TPSA) is 38.7 Å². The van der Waals surface area contributed by atoms with Crippen LogP contribution in [0.5, 0.6) is 5.75 Å². The first-order valence-corrected chi connectivity index (χ1v) is 7.03. The van der Waals surface area contributed by atoms with E-state index in [2.05, 4.69) is 15.9 Å². The zero-order chi connectivity index (χ0) is 13.5. The molecular weight excluding hydrogens is 296 g/mol. The number of hydrogen-bond acceptors (Lipinski definition) is 3. The summed E-state index contributed by atoms with van der Waals surface area (Å²) in [5.74, 6) is 0.795. The van der Waals surface area contributed by atoms with Crippen LogP contribution >= 0.6 is 15.9 Å². The average molecular weight is 317 g/mol. The summed E-state index contributed by atoms with van der Waals surface area (Å²) in [6.07, 6.45) is 0.684. The lowest BCUT2D eigenvalue weighted by atomic mass is 10.0. The Morgan fingerprint density at radius 2 is 2.06 bits per heavy atom. The fraction of sp³-hybridized carbons (Fsp3) is 0.571. The van der Waals surface area contributed by atoms with Crippen molar-refractivity contribution in [3.05, 3.63) is 28.2 Å². The number of hydrogen-bond donors (Lipinski definition) is 1. The Labute approximate surface area is 117 Å². The van der Waals surface area contributed by atoms with Crippen LogP contribution in [-0.2, 0) is 11.2 Å². The molecule has 0 saturated carbocycles. The second-order valence-corrected chi connectivity index (χ2v) is 5.05. The van der Waals surface area contributed by atoms with E-state index < -0.39 is 6.10 Å². The third kappa shape index (κ3) is 4.26. The van der Waals surface area contributed by atoms with Crippen molar-refractivity contribution >= 4 is 15.9 Å². The molecule has 0 saturated heterocycles. The monoisotopic (exact) mass is 316 g/mol. The Kier molecular flexibility index (Phi) is 6.68. The molecule has 0 radical (unpaired) electrons. The molecule has 2 atom stereocenters. The van der Waals surface area contributed by atoms with Gasteiger partial charge in [0.25, 0.3) is 0 Å². The molecule has 0 aliphatic carbocycles. The van der Waals surface area contributed by atoms with Crippen molar-refractivity contribution in [1.29, 1.82) is 0 Å². The Bertz CT molecular complexity index is 368. The number of benzene rings is 1. The number of methoxy groups -OCH3 is 1. The molecule has 0 aliphatic heterocycles. The van der Waals surface area contributed by atoms with Gasteiger partial charge in [0.1, 0.15) is 5.75 Å². The number of rotatable bonds is 7. The number of aliphatic hydroxyl groups excluding tert-OH is 1. The molecule has 1 rings (SSSR count). The first kappa shape index (κ1) is 15.5. The molecule has 1 aromatic rings. The fourth-order valence-electron chi connectivity index (χ4n) is 1.98. The van der Waals surface area contributed by atoms with Crippen LogP contribution in [0.15, 0.2) is 22.7 Å². The van der Waals surface area contributed by atoms with Gasteiger partial charge in [0.2, 0.25) is 0 Å². The van der Waals surface area contributed by atoms with Gasteiger partial charge in [-0.1, -0.05) is 22.9 Å². The normalized spacial score (nSPS) is 14.3. The lowest BCUT2D eigenvalue weighted by Crippen LogP contribution is -2.30. The van der Waals surface area contributed by atoms with E-state index in [0.717, 1.165) is 22.2 Å². The third-order valence-electron chi connectivity index (χ3n) is 2.88. The van der Waals surface area contributed by atoms with Crippen LogP contribution in [-0.4, -0.2) is 31.0 Å². The molecule has 1 N–H and O–H groups in total. The lowest BCUT2D eigenvalue weighted by Gasteiger charge is -2.22. The highest BCUT2D eigenvalue weighted by Crippen LogP contribution is 2.25. The van der Waals surface area contributed by atoms with Gasteiger partial charge in [-0.2, -0.15) is 0 Å². The Morgan fingerprint density at radius 3 is 2.61 bits per heavy atom. The SMILES string of the molecule is CCOC(CC)C(O)Cc1cc(Br)ccc1OC. The number of ether oxygens (including phenoxy) is 2. The van der Waals surface area contributed by atoms with Crippen LogP contribution in [0.2, 0.25) is 0 Å². The number of halogens is 1. The summed E-state index contributed by atoms with van der Waals surface area (Å²) in [7, 11) is 1.64. The van der Waals surface area contributed by atoms with Crippen molar-refractivity contribution in [1.82, 2.24) is 0 Å². The van der Waals surface area contributed by atoms with Crippen molar-refractivity contribution < 1.29 is 14.6 Å². The van der Waals surface area contributed by atoms with Gasteiger partial charge in [-0.15, -0.1) is 0 Å². The zero-order valence-electron chi connectivity index (χ0n) is 11.1. The Morgan fingerprint density at radius 1 is 1.33 bits per heavy atom. The molecule has 0 fully saturated rings. The maximum atomic E-state index is 10.2. The molecule has 0 spiro atoms. The predicted octanol–water partition coefficient (Wildman–Crippen LogP) is 3.18. The van der Waals surface area contributed by atoms with Gasteiger partial charge in [-0.05, 0) is 37.1 Å². The average Bonchev–Trinajstić information content (AvgIpc) is 2.36. The van der Waals surface area contributed by atoms with Gasteiger partial charge in [-0.25, -0.2) is 0 Å². The molecule has 1 aromatic carbocycles. The van der Waals surface area contributed by atoms with E-state index in [1.54, 1.807) is 7.11 Å². The van der Waals surface area contributed by atoms with Gasteiger partial charge in [0.15, 0.2) is 0 Å². The molecule has 2 unspecified atom stereocenters. The highest BCUT2D eigenvalue weighted by atomic mass is 79.9. The van der Waals surface area contributed by atoms with E-state index in [9.17, 15) is 5.11 Å². The van der Waals surface area contributed by atoms with Gasteiger partial charge in [-0.3, -0.25) is 0 Å². The van der Waals surface area contributed by atoms with Crippen LogP contribution in [0, 0.1) is 0 Å². The summed E-state index contributed by atoms with van der Waals surface area (Å²) in [6, 6.07) is 5.79. The Hall–Kier alpha value is -0.580. The van der Waals surface area contributed by atoms with Crippen LogP contribution in [0.3, 0.4) is 0 Å². The summed E-state index contributed by atoms with van der Waals surface area (Å²) in [5, 5.41) is 10.2. The van der Waals surface area contributed by atoms with Gasteiger partial charge >= 0.3 is 0 Å². The minimum absolute atomic E-state index is 0.126. The van der Waals surface area contributed by atoms with Crippen LogP contribution in [0.1, 0.15) is 25.8 Å². The van der Waals surface area contributed by atoms with Crippen molar-refractivity contribution in [2.45, 2.75) is 38.9 Å². The smallest absolute Gasteiger partial charge is 0.122 e. The third-order valence-corrected chi connectivity index (χ3v) is 3.38. The summed E-state index contributed by atoms with van der Waals surface area (Å²) in [6.45, 7) is 4.57. The first-order valence-electron chi connectivity index (χ1n) is 6.24. The van der Waals surface area contributed by atoms with Gasteiger partial charge in [0.05, 0.1) is 19.3 Å². The van der Waals surface area contributed by atoms with E-state index in [0.29, 0.717) is 13.0 Å². The quantitative estimate of drug-likeness (QED) is 0.839. The maximum absolute atomic E-state index is 10.2. The molecule has 4 heteroatoms. The van der Waals surface area contributed by atoms with Crippen LogP contribution < -0.4 is 4.74 Å². The summed E-state index contributed by atoms with van der Waals surface area (Å²) in [5.41, 5.74) is 0.984. The lowest BCUT2D eigenvalue weighted by molar-refractivity contribution is -0.0336. The molecule has 0 bridgehead atoms. The number of aliphatic hydroxyl groups is 1. The highest BCUT2D eigenvalue weighted by Gasteiger charge is 2.19. The standard InChI is InChI=1S/C14H21BrO3/c1-4-13(18-5-2)12(16)9-10-8-11(15)6-7-14(10)17-3/h6-8,12-13,16H,4-5,9H2,1-3H3. The molecule has 18 heavy (non-hydrogen) atoms. The first-order chi connectivity index (χ1) is 8.62. The highest BCUT2D eigenvalue weighted by molar-refractivity contribution is 9.10. The summed E-state index contributed by atoms with van der Waals surface area (Å²) >= 11 is 3.43. The van der Waals surface area contributed by atoms with Crippen LogP contribution in [0.4, 0.5) is 0 Å². The van der Waals surface area contributed by atoms with Crippen molar-refractivity contribution in [2.75, 3.05) is 13.7 Å². The molecule has 0 heterocycles. The van der Waals surface area contributed by atoms with Crippen molar-refractivity contribution in [3.8, 4) is 5.75 Å². The summed E-state index contributed by atoms with van der Waals surface area (Å²) < 4.78 is 11.8. The molecular formula is C14H21BrO3. The van der Waals surface area contributed by atoms with Crippen molar-refractivity contribution in [3.63, 3.8) is 0 Å². The molecule has 0 amide bonds. The van der Waals surface area contributed by atoms with E-state index >= 15 is 0 Å². The Balaban J connectivity index is 2.79. The predicted molar refractivity (Wildman–Crippen MR) is 76.1 cm³/mol. The van der Waals surface area contributed by atoms with Crippen molar-refractivity contribution in [2.24, 2.45) is 0 Å². The van der Waals surface area contributed by atoms with E-state index in [1.807, 2.05) is 32.0 Å². The minimum atomic E-state index is -0.516. The zero-order valence-corrected chi connectivity index (χ0v) is 12.7. The second-order valence-electron chi connectivity index (χ2n) is 4.13. The molecule has 0 aromatic heterocycles. The van der Waals surface area contributed by atoms with Gasteiger partial charge < -0.3 is 14.6 Å². The maximum Gasteiger partial charge on any atom is 0.122 e. The summed E-state index contributed by atoms with van der Waals surface area (Å²) in [4.78, 5) is 0. The van der Waals surface area contributed by atoms with E-state index in [-0.39, 0.29) is 6.10 Å². The molecule has 102 valence electrons. The largest absolute Gasteiger partial charge is 0.496 e. The van der Waals surface area contributed by atoms with Crippen LogP contribution in [0.25, 0.3) is 0 Å². The van der Waals surface area contributed by atoms with Gasteiger partial charge in [0, 0.05) is 17.5 Å². The molecule has 0 aliphatic rings. The fourth-order valence-corrected chi connectivity index (χ4v) is 2.39. The van der Waals surface area contributed by atoms with E-state index in [1.165, 1.54) is 0 Å². The second kappa shape index (κ2) is 7.77. The minimum Gasteiger partial charge on any atom is -0.496 e.